The van der Waals surface area contributed by atoms with Gasteiger partial charge in [-0.1, -0.05) is 23.2 Å². The second-order valence-electron chi connectivity index (χ2n) is 7.89. The first-order valence-electron chi connectivity index (χ1n) is 9.60. The smallest absolute Gasteiger partial charge is 0.407 e. The number of hydrogen-bond donors (Lipinski definition) is 1. The number of halogens is 2. The minimum absolute atomic E-state index is 0.0374. The lowest BCUT2D eigenvalue weighted by molar-refractivity contribution is -0.132. The third-order valence-corrected chi connectivity index (χ3v) is 6.95. The van der Waals surface area contributed by atoms with Gasteiger partial charge in [0.15, 0.2) is 0 Å². The molecule has 0 unspecified atom stereocenters. The lowest BCUT2D eigenvalue weighted by Crippen LogP contribution is -2.50. The van der Waals surface area contributed by atoms with Gasteiger partial charge in [-0.15, -0.1) is 0 Å². The maximum atomic E-state index is 12.8. The molecule has 0 atom stereocenters. The van der Waals surface area contributed by atoms with Gasteiger partial charge in [0.05, 0.1) is 5.02 Å². The van der Waals surface area contributed by atoms with Crippen molar-refractivity contribution in [3.8, 4) is 0 Å². The summed E-state index contributed by atoms with van der Waals surface area (Å²) < 4.78 is 32.1. The van der Waals surface area contributed by atoms with Gasteiger partial charge >= 0.3 is 6.09 Å². The Morgan fingerprint density at radius 3 is 2.37 bits per heavy atom. The number of ether oxygens (including phenoxy) is 1. The van der Waals surface area contributed by atoms with Crippen molar-refractivity contribution in [2.75, 3.05) is 32.7 Å². The Morgan fingerprint density at radius 2 is 1.77 bits per heavy atom. The number of carbonyl (C=O) groups is 2. The van der Waals surface area contributed by atoms with E-state index in [4.69, 9.17) is 27.9 Å². The molecule has 1 heterocycles. The zero-order chi connectivity index (χ0) is 22.5. The fraction of sp³-hybridized carbons (Fsp3) is 0.579. The van der Waals surface area contributed by atoms with Gasteiger partial charge in [0, 0.05) is 44.2 Å². The lowest BCUT2D eigenvalue weighted by Gasteiger charge is -2.34. The SMILES string of the molecule is CC(C)(C)OC(=O)NCCCC(=O)N1CCN(S(=O)(=O)c2cc(Cl)ccc2Cl)CC1. The standard InChI is InChI=1S/C19H27Cl2N3O5S/c1-19(2,3)29-18(26)22-8-4-5-17(25)23-9-11-24(12-10-23)30(27,28)16-13-14(20)6-7-15(16)21/h6-7,13H,4-5,8-12H2,1-3H3,(H,22,26). The topological polar surface area (TPSA) is 96.0 Å². The number of sulfonamides is 1. The summed E-state index contributed by atoms with van der Waals surface area (Å²) in [7, 11) is -3.79. The number of benzene rings is 1. The molecule has 0 spiro atoms. The molecule has 30 heavy (non-hydrogen) atoms. The molecular formula is C19H27Cl2N3O5S. The molecule has 1 aliphatic heterocycles. The molecule has 1 saturated heterocycles. The second kappa shape index (κ2) is 10.2. The number of amides is 2. The summed E-state index contributed by atoms with van der Waals surface area (Å²) in [5.74, 6) is -0.0844. The molecule has 1 aliphatic rings. The van der Waals surface area contributed by atoms with Gasteiger partial charge < -0.3 is 15.0 Å². The predicted molar refractivity (Wildman–Crippen MR) is 115 cm³/mol. The highest BCUT2D eigenvalue weighted by atomic mass is 35.5. The van der Waals surface area contributed by atoms with E-state index in [-0.39, 0.29) is 53.4 Å². The van der Waals surface area contributed by atoms with Crippen molar-refractivity contribution in [1.82, 2.24) is 14.5 Å². The largest absolute Gasteiger partial charge is 0.444 e. The summed E-state index contributed by atoms with van der Waals surface area (Å²) in [6.07, 6.45) is 0.200. The summed E-state index contributed by atoms with van der Waals surface area (Å²) >= 11 is 11.9. The number of piperazine rings is 1. The molecule has 0 aliphatic carbocycles. The Bertz CT molecular complexity index is 879. The number of rotatable bonds is 6. The van der Waals surface area contributed by atoms with Crippen LogP contribution in [0.2, 0.25) is 10.0 Å². The number of alkyl carbamates (subject to hydrolysis) is 1. The van der Waals surface area contributed by atoms with Crippen LogP contribution < -0.4 is 5.32 Å². The summed E-state index contributed by atoms with van der Waals surface area (Å²) in [6.45, 7) is 6.57. The number of carbonyl (C=O) groups excluding carboxylic acids is 2. The first-order valence-corrected chi connectivity index (χ1v) is 11.8. The van der Waals surface area contributed by atoms with Gasteiger partial charge in [-0.25, -0.2) is 13.2 Å². The third kappa shape index (κ3) is 7.01. The van der Waals surface area contributed by atoms with Gasteiger partial charge in [0.1, 0.15) is 10.5 Å². The van der Waals surface area contributed by atoms with E-state index in [1.807, 2.05) is 0 Å². The van der Waals surface area contributed by atoms with Crippen LogP contribution in [-0.4, -0.2) is 67.9 Å². The van der Waals surface area contributed by atoms with Crippen LogP contribution in [0.5, 0.6) is 0 Å². The quantitative estimate of drug-likeness (QED) is 0.632. The van der Waals surface area contributed by atoms with E-state index >= 15 is 0 Å². The average molecular weight is 480 g/mol. The van der Waals surface area contributed by atoms with Crippen molar-refractivity contribution in [3.05, 3.63) is 28.2 Å². The highest BCUT2D eigenvalue weighted by Crippen LogP contribution is 2.28. The lowest BCUT2D eigenvalue weighted by atomic mass is 10.2. The van der Waals surface area contributed by atoms with Gasteiger partial charge in [0.2, 0.25) is 15.9 Å². The van der Waals surface area contributed by atoms with Gasteiger partial charge in [0.25, 0.3) is 0 Å². The highest BCUT2D eigenvalue weighted by molar-refractivity contribution is 7.89. The molecule has 1 aromatic rings. The first-order chi connectivity index (χ1) is 13.9. The van der Waals surface area contributed by atoms with Crippen LogP contribution in [-0.2, 0) is 19.6 Å². The second-order valence-corrected chi connectivity index (χ2v) is 10.6. The summed E-state index contributed by atoms with van der Waals surface area (Å²) in [4.78, 5) is 25.5. The Morgan fingerprint density at radius 1 is 1.13 bits per heavy atom. The van der Waals surface area contributed by atoms with E-state index < -0.39 is 21.7 Å². The molecule has 168 valence electrons. The summed E-state index contributed by atoms with van der Waals surface area (Å²) in [5.41, 5.74) is -0.574. The monoisotopic (exact) mass is 479 g/mol. The van der Waals surface area contributed by atoms with Crippen LogP contribution in [0.1, 0.15) is 33.6 Å². The molecule has 1 fully saturated rings. The van der Waals surface area contributed by atoms with Gasteiger partial charge in [-0.2, -0.15) is 4.31 Å². The maximum Gasteiger partial charge on any atom is 0.407 e. The molecule has 0 saturated carbocycles. The van der Waals surface area contributed by atoms with Crippen LogP contribution in [0.3, 0.4) is 0 Å². The predicted octanol–water partition coefficient (Wildman–Crippen LogP) is 3.13. The van der Waals surface area contributed by atoms with Crippen molar-refractivity contribution in [2.24, 2.45) is 0 Å². The molecule has 0 aromatic heterocycles. The minimum Gasteiger partial charge on any atom is -0.444 e. The molecule has 11 heteroatoms. The minimum atomic E-state index is -3.79. The molecule has 2 amide bonds. The van der Waals surface area contributed by atoms with Crippen molar-refractivity contribution >= 4 is 45.2 Å². The number of nitrogens with one attached hydrogen (secondary N) is 1. The van der Waals surface area contributed by atoms with Crippen LogP contribution in [0.15, 0.2) is 23.1 Å². The van der Waals surface area contributed by atoms with Crippen LogP contribution >= 0.6 is 23.2 Å². The average Bonchev–Trinajstić information content (AvgIpc) is 2.65. The van der Waals surface area contributed by atoms with E-state index in [0.717, 1.165) is 0 Å². The van der Waals surface area contributed by atoms with Gasteiger partial charge in [-0.05, 0) is 45.4 Å². The zero-order valence-corrected chi connectivity index (χ0v) is 19.6. The Labute approximate surface area is 187 Å². The third-order valence-electron chi connectivity index (χ3n) is 4.34. The highest BCUT2D eigenvalue weighted by Gasteiger charge is 2.31. The molecule has 8 nitrogen and oxygen atoms in total. The molecule has 1 aromatic carbocycles. The van der Waals surface area contributed by atoms with E-state index in [2.05, 4.69) is 5.32 Å². The van der Waals surface area contributed by atoms with E-state index in [1.165, 1.54) is 22.5 Å². The zero-order valence-electron chi connectivity index (χ0n) is 17.3. The molecule has 0 radical (unpaired) electrons. The molecular weight excluding hydrogens is 453 g/mol. The van der Waals surface area contributed by atoms with Crippen molar-refractivity contribution in [2.45, 2.75) is 44.1 Å². The van der Waals surface area contributed by atoms with Crippen molar-refractivity contribution in [3.63, 3.8) is 0 Å². The Kier molecular flexibility index (Phi) is 8.38. The van der Waals surface area contributed by atoms with E-state index in [0.29, 0.717) is 13.0 Å². The Hall–Kier alpha value is -1.55. The van der Waals surface area contributed by atoms with Gasteiger partial charge in [-0.3, -0.25) is 4.79 Å². The van der Waals surface area contributed by atoms with Crippen LogP contribution in [0, 0.1) is 0 Å². The molecule has 0 bridgehead atoms. The fourth-order valence-corrected chi connectivity index (χ4v) is 5.05. The van der Waals surface area contributed by atoms with Crippen LogP contribution in [0.25, 0.3) is 0 Å². The maximum absolute atomic E-state index is 12.8. The molecule has 2 rings (SSSR count). The van der Waals surface area contributed by atoms with E-state index in [1.54, 1.807) is 25.7 Å². The molecule has 1 N–H and O–H groups in total. The number of nitrogens with zero attached hydrogens (tertiary/aromatic N) is 2. The first kappa shape index (κ1) is 24.7. The van der Waals surface area contributed by atoms with Crippen molar-refractivity contribution < 1.29 is 22.7 Å². The Balaban J connectivity index is 1.80. The summed E-state index contributed by atoms with van der Waals surface area (Å²) in [6, 6.07) is 4.30. The van der Waals surface area contributed by atoms with Crippen LogP contribution in [0.4, 0.5) is 4.79 Å². The normalized spacial score (nSPS) is 15.7. The number of hydrogen-bond acceptors (Lipinski definition) is 5. The van der Waals surface area contributed by atoms with E-state index in [9.17, 15) is 18.0 Å². The van der Waals surface area contributed by atoms with Crippen molar-refractivity contribution in [1.29, 1.82) is 0 Å². The fourth-order valence-electron chi connectivity index (χ4n) is 2.89. The summed E-state index contributed by atoms with van der Waals surface area (Å²) in [5, 5.41) is 3.00.